The molecule has 0 aliphatic carbocycles. The maximum absolute atomic E-state index is 13.2. The molecule has 0 unspecified atom stereocenters. The zero-order valence-corrected chi connectivity index (χ0v) is 19.4. The van der Waals surface area contributed by atoms with E-state index in [9.17, 15) is 22.8 Å². The number of ether oxygens (including phenoxy) is 2. The van der Waals surface area contributed by atoms with E-state index < -0.39 is 36.8 Å². The van der Waals surface area contributed by atoms with Crippen LogP contribution >= 0.6 is 0 Å². The lowest BCUT2D eigenvalue weighted by atomic mass is 10.1. The molecule has 9 heteroatoms. The quantitative estimate of drug-likeness (QED) is 0.171. The van der Waals surface area contributed by atoms with Gasteiger partial charge in [0.15, 0.2) is 13.2 Å². The number of nitrogens with zero attached hydrogens (tertiary/aromatic N) is 2. The molecule has 4 aromatic carbocycles. The van der Waals surface area contributed by atoms with E-state index >= 15 is 0 Å². The van der Waals surface area contributed by atoms with E-state index in [1.807, 2.05) is 30.3 Å². The number of alkyl halides is 3. The van der Waals surface area contributed by atoms with Crippen LogP contribution in [0.4, 0.5) is 18.9 Å². The first-order valence-corrected chi connectivity index (χ1v) is 11.2. The van der Waals surface area contributed by atoms with Crippen molar-refractivity contribution < 1.29 is 32.2 Å². The molecule has 0 saturated heterocycles. The van der Waals surface area contributed by atoms with Crippen LogP contribution in [0, 0.1) is 0 Å². The lowest BCUT2D eigenvalue weighted by Crippen LogP contribution is -2.31. The molecule has 6 nitrogen and oxygen atoms in total. The Morgan fingerprint density at radius 3 is 2.30 bits per heavy atom. The molecule has 0 saturated carbocycles. The number of hydrogen-bond donors (Lipinski definition) is 0. The van der Waals surface area contributed by atoms with Gasteiger partial charge in [-0.05, 0) is 46.7 Å². The predicted octanol–water partition coefficient (Wildman–Crippen LogP) is 5.85. The molecule has 4 rings (SSSR count). The van der Waals surface area contributed by atoms with Crippen LogP contribution < -0.4 is 9.75 Å². The maximum atomic E-state index is 13.2. The van der Waals surface area contributed by atoms with E-state index in [1.54, 1.807) is 42.5 Å². The van der Waals surface area contributed by atoms with Gasteiger partial charge in [0.1, 0.15) is 5.75 Å². The molecule has 0 aliphatic rings. The molecule has 0 heterocycles. The number of hydrazone groups is 1. The van der Waals surface area contributed by atoms with E-state index in [0.29, 0.717) is 11.3 Å². The van der Waals surface area contributed by atoms with Crippen LogP contribution in [0.25, 0.3) is 10.8 Å². The topological polar surface area (TPSA) is 68.2 Å². The second-order valence-corrected chi connectivity index (χ2v) is 7.87. The Morgan fingerprint density at radius 2 is 1.54 bits per heavy atom. The second kappa shape index (κ2) is 11.4. The second-order valence-electron chi connectivity index (χ2n) is 7.87. The number of anilines is 1. The van der Waals surface area contributed by atoms with Gasteiger partial charge in [-0.15, -0.1) is 0 Å². The number of benzene rings is 4. The molecular weight excluding hydrogens is 485 g/mol. The monoisotopic (exact) mass is 506 g/mol. The summed E-state index contributed by atoms with van der Waals surface area (Å²) in [7, 11) is 0. The Labute approximate surface area is 210 Å². The minimum Gasteiger partial charge on any atom is -0.482 e. The van der Waals surface area contributed by atoms with Crippen molar-refractivity contribution in [3.8, 4) is 5.75 Å². The highest BCUT2D eigenvalue weighted by molar-refractivity contribution is 5.97. The number of amides is 1. The fourth-order valence-electron chi connectivity index (χ4n) is 3.40. The number of hydrogen-bond acceptors (Lipinski definition) is 5. The summed E-state index contributed by atoms with van der Waals surface area (Å²) >= 11 is 0. The van der Waals surface area contributed by atoms with Crippen molar-refractivity contribution in [1.82, 2.24) is 0 Å². The molecule has 4 aromatic rings. The Hall–Kier alpha value is -4.66. The molecule has 0 fully saturated rings. The normalized spacial score (nSPS) is 11.4. The van der Waals surface area contributed by atoms with Crippen molar-refractivity contribution in [3.63, 3.8) is 0 Å². The maximum Gasteiger partial charge on any atom is 0.416 e. The highest BCUT2D eigenvalue weighted by Gasteiger charge is 2.31. The molecule has 37 heavy (non-hydrogen) atoms. The minimum absolute atomic E-state index is 0.129. The summed E-state index contributed by atoms with van der Waals surface area (Å²) in [6, 6.07) is 25.8. The summed E-state index contributed by atoms with van der Waals surface area (Å²) < 4.78 is 50.1. The van der Waals surface area contributed by atoms with E-state index in [4.69, 9.17) is 9.47 Å². The molecule has 0 aromatic heterocycles. The Bertz CT molecular complexity index is 1420. The highest BCUT2D eigenvalue weighted by atomic mass is 19.4. The van der Waals surface area contributed by atoms with Crippen molar-refractivity contribution in [2.45, 2.75) is 6.18 Å². The van der Waals surface area contributed by atoms with Gasteiger partial charge in [0.05, 0.1) is 17.5 Å². The standard InChI is InChI=1S/C28H21F3N2O4/c29-28(30,31)23-11-6-12-24(16-23)33(32-17-20-7-2-1-3-8-20)26(34)18-37-27(35)19-36-25-14-13-21-9-4-5-10-22(21)15-25/h1-17H,18-19H2. The van der Waals surface area contributed by atoms with Crippen LogP contribution in [0.15, 0.2) is 102 Å². The summed E-state index contributed by atoms with van der Waals surface area (Å²) in [5.74, 6) is -1.22. The molecule has 0 bridgehead atoms. The third kappa shape index (κ3) is 6.94. The molecule has 0 spiro atoms. The van der Waals surface area contributed by atoms with Gasteiger partial charge in [-0.1, -0.05) is 66.7 Å². The van der Waals surface area contributed by atoms with Gasteiger partial charge in [-0.2, -0.15) is 23.3 Å². The van der Waals surface area contributed by atoms with E-state index in [0.717, 1.165) is 27.9 Å². The van der Waals surface area contributed by atoms with Crippen molar-refractivity contribution >= 4 is 34.6 Å². The number of carbonyl (C=O) groups excluding carboxylic acids is 2. The molecule has 188 valence electrons. The zero-order valence-electron chi connectivity index (χ0n) is 19.4. The van der Waals surface area contributed by atoms with Crippen LogP contribution in [-0.2, 0) is 20.5 Å². The van der Waals surface area contributed by atoms with Gasteiger partial charge in [-0.3, -0.25) is 4.79 Å². The molecule has 0 atom stereocenters. The minimum atomic E-state index is -4.61. The number of fused-ring (bicyclic) bond motifs is 1. The SMILES string of the molecule is O=C(COc1ccc2ccccc2c1)OCC(=O)N(N=Cc1ccccc1)c1cccc(C(F)(F)F)c1. The summed E-state index contributed by atoms with van der Waals surface area (Å²) in [5.41, 5.74) is -0.456. The van der Waals surface area contributed by atoms with Gasteiger partial charge >= 0.3 is 12.1 Å². The first kappa shape index (κ1) is 25.4. The Balaban J connectivity index is 1.43. The third-order valence-electron chi connectivity index (χ3n) is 5.21. The van der Waals surface area contributed by atoms with Gasteiger partial charge in [0, 0.05) is 0 Å². The van der Waals surface area contributed by atoms with E-state index in [1.165, 1.54) is 18.3 Å². The van der Waals surface area contributed by atoms with Crippen molar-refractivity contribution in [2.75, 3.05) is 18.2 Å². The molecule has 0 aliphatic heterocycles. The predicted molar refractivity (Wildman–Crippen MR) is 133 cm³/mol. The Morgan fingerprint density at radius 1 is 0.811 bits per heavy atom. The van der Waals surface area contributed by atoms with Gasteiger partial charge < -0.3 is 9.47 Å². The summed E-state index contributed by atoms with van der Waals surface area (Å²) in [4.78, 5) is 25.1. The number of carbonyl (C=O) groups is 2. The van der Waals surface area contributed by atoms with Gasteiger partial charge in [-0.25, -0.2) is 4.79 Å². The van der Waals surface area contributed by atoms with E-state index in [2.05, 4.69) is 5.10 Å². The fraction of sp³-hybridized carbons (Fsp3) is 0.107. The first-order chi connectivity index (χ1) is 17.8. The lowest BCUT2D eigenvalue weighted by Gasteiger charge is -2.18. The third-order valence-corrected chi connectivity index (χ3v) is 5.21. The zero-order chi connectivity index (χ0) is 26.3. The van der Waals surface area contributed by atoms with Crippen molar-refractivity contribution in [3.05, 3.63) is 108 Å². The number of halogens is 3. The molecule has 0 radical (unpaired) electrons. The van der Waals surface area contributed by atoms with Gasteiger partial charge in [0.2, 0.25) is 0 Å². The smallest absolute Gasteiger partial charge is 0.416 e. The van der Waals surface area contributed by atoms with Gasteiger partial charge in [0.25, 0.3) is 5.91 Å². The molecular formula is C28H21F3N2O4. The largest absolute Gasteiger partial charge is 0.482 e. The highest BCUT2D eigenvalue weighted by Crippen LogP contribution is 2.32. The lowest BCUT2D eigenvalue weighted by molar-refractivity contribution is -0.149. The molecule has 1 amide bonds. The van der Waals surface area contributed by atoms with Crippen LogP contribution in [-0.4, -0.2) is 31.3 Å². The van der Waals surface area contributed by atoms with Crippen molar-refractivity contribution in [1.29, 1.82) is 0 Å². The number of esters is 1. The Kier molecular flexibility index (Phi) is 7.83. The molecule has 0 N–H and O–H groups in total. The number of rotatable bonds is 8. The van der Waals surface area contributed by atoms with E-state index in [-0.39, 0.29) is 5.69 Å². The average molecular weight is 506 g/mol. The van der Waals surface area contributed by atoms with Crippen LogP contribution in [0.2, 0.25) is 0 Å². The fourth-order valence-corrected chi connectivity index (χ4v) is 3.40. The summed E-state index contributed by atoms with van der Waals surface area (Å²) in [5, 5.41) is 6.76. The summed E-state index contributed by atoms with van der Waals surface area (Å²) in [6.07, 6.45) is -3.29. The first-order valence-electron chi connectivity index (χ1n) is 11.2. The average Bonchev–Trinajstić information content (AvgIpc) is 2.91. The summed E-state index contributed by atoms with van der Waals surface area (Å²) in [6.45, 7) is -1.20. The van der Waals surface area contributed by atoms with Crippen LogP contribution in [0.5, 0.6) is 5.75 Å². The van der Waals surface area contributed by atoms with Crippen LogP contribution in [0.3, 0.4) is 0 Å². The van der Waals surface area contributed by atoms with Crippen LogP contribution in [0.1, 0.15) is 11.1 Å². The van der Waals surface area contributed by atoms with Crippen molar-refractivity contribution in [2.24, 2.45) is 5.10 Å².